The van der Waals surface area contributed by atoms with Crippen molar-refractivity contribution in [3.63, 3.8) is 0 Å². The van der Waals surface area contributed by atoms with Crippen LogP contribution in [-0.2, 0) is 0 Å². The van der Waals surface area contributed by atoms with E-state index >= 15 is 0 Å². The van der Waals surface area contributed by atoms with Crippen LogP contribution in [0.25, 0.3) is 0 Å². The highest BCUT2D eigenvalue weighted by molar-refractivity contribution is 5.18. The zero-order valence-corrected chi connectivity index (χ0v) is 17.2. The normalized spacial score (nSPS) is 56.0. The Morgan fingerprint density at radius 2 is 1.65 bits per heavy atom. The summed E-state index contributed by atoms with van der Waals surface area (Å²) < 4.78 is 0. The van der Waals surface area contributed by atoms with E-state index in [-0.39, 0.29) is 0 Å². The molecule has 2 bridgehead atoms. The maximum Gasteiger partial charge on any atom is -0.0210 e. The minimum absolute atomic E-state index is 0.564. The van der Waals surface area contributed by atoms with Crippen LogP contribution in [0.2, 0.25) is 0 Å². The average Bonchev–Trinajstić information content (AvgIpc) is 2.65. The van der Waals surface area contributed by atoms with Crippen molar-refractivity contribution in [3.8, 4) is 0 Å². The lowest BCUT2D eigenvalue weighted by Crippen LogP contribution is -2.59. The van der Waals surface area contributed by atoms with Gasteiger partial charge in [-0.05, 0) is 77.4 Å². The summed E-state index contributed by atoms with van der Waals surface area (Å²) in [5, 5.41) is 0. The van der Waals surface area contributed by atoms with Crippen LogP contribution >= 0.6 is 0 Å². The van der Waals surface area contributed by atoms with Crippen LogP contribution in [0.1, 0.15) is 93.9 Å². The molecule has 0 aliphatic heterocycles. The number of hydrogen-bond acceptors (Lipinski definition) is 0. The molecule has 0 amide bonds. The quantitative estimate of drug-likeness (QED) is 0.517. The Kier molecular flexibility index (Phi) is 4.26. The summed E-state index contributed by atoms with van der Waals surface area (Å²) in [6.07, 6.45) is 8.78. The van der Waals surface area contributed by atoms with Gasteiger partial charge >= 0.3 is 0 Å². The van der Waals surface area contributed by atoms with Crippen LogP contribution in [0.3, 0.4) is 0 Å². The Morgan fingerprint density at radius 3 is 2.17 bits per heavy atom. The molecule has 0 heterocycles. The van der Waals surface area contributed by atoms with Crippen molar-refractivity contribution in [3.05, 3.63) is 0 Å². The van der Waals surface area contributed by atoms with Gasteiger partial charge in [0, 0.05) is 0 Å². The van der Waals surface area contributed by atoms with Gasteiger partial charge in [0.15, 0.2) is 0 Å². The van der Waals surface area contributed by atoms with Crippen LogP contribution in [0.4, 0.5) is 0 Å². The second-order valence-corrected chi connectivity index (χ2v) is 10.7. The van der Waals surface area contributed by atoms with Crippen LogP contribution in [0, 0.1) is 51.8 Å². The van der Waals surface area contributed by atoms with Gasteiger partial charge in [0.1, 0.15) is 0 Å². The van der Waals surface area contributed by atoms with Gasteiger partial charge in [-0.15, -0.1) is 0 Å². The third-order valence-corrected chi connectivity index (χ3v) is 10.1. The SMILES string of the molecule is CCC1C(C(C)C)CCC2(C)C1CC1(C)CC(CC)C2(C)C1C. The van der Waals surface area contributed by atoms with E-state index in [1.54, 1.807) is 0 Å². The highest BCUT2D eigenvalue weighted by atomic mass is 14.7. The first-order chi connectivity index (χ1) is 10.7. The maximum atomic E-state index is 2.72. The summed E-state index contributed by atoms with van der Waals surface area (Å²) in [6.45, 7) is 20.6. The third-order valence-electron chi connectivity index (χ3n) is 10.1. The van der Waals surface area contributed by atoms with Gasteiger partial charge in [0.2, 0.25) is 0 Å². The molecule has 23 heavy (non-hydrogen) atoms. The molecule has 0 nitrogen and oxygen atoms in total. The van der Waals surface area contributed by atoms with Gasteiger partial charge in [-0.25, -0.2) is 0 Å². The molecular formula is C23H42. The van der Waals surface area contributed by atoms with Crippen molar-refractivity contribution in [1.29, 1.82) is 0 Å². The maximum absolute atomic E-state index is 2.72. The zero-order chi connectivity index (χ0) is 17.2. The van der Waals surface area contributed by atoms with Gasteiger partial charge < -0.3 is 0 Å². The molecule has 8 unspecified atom stereocenters. The largest absolute Gasteiger partial charge is 0.0651 e. The lowest BCUT2D eigenvalue weighted by Gasteiger charge is -2.65. The summed E-state index contributed by atoms with van der Waals surface area (Å²) >= 11 is 0. The molecule has 134 valence electrons. The number of hydrogen-bond donors (Lipinski definition) is 0. The smallest absolute Gasteiger partial charge is 0.0210 e. The molecule has 0 aromatic carbocycles. The Hall–Kier alpha value is 0. The van der Waals surface area contributed by atoms with Crippen LogP contribution in [0.5, 0.6) is 0 Å². The highest BCUT2D eigenvalue weighted by Gasteiger charge is 2.70. The molecule has 3 aliphatic rings. The van der Waals surface area contributed by atoms with Crippen LogP contribution in [0.15, 0.2) is 0 Å². The van der Waals surface area contributed by atoms with Crippen molar-refractivity contribution in [2.24, 2.45) is 51.8 Å². The molecule has 0 radical (unpaired) electrons. The van der Waals surface area contributed by atoms with Gasteiger partial charge in [-0.1, -0.05) is 68.2 Å². The summed E-state index contributed by atoms with van der Waals surface area (Å²) in [5.74, 6) is 5.62. The van der Waals surface area contributed by atoms with Gasteiger partial charge in [0.05, 0.1) is 0 Å². The van der Waals surface area contributed by atoms with E-state index in [9.17, 15) is 0 Å². The molecule has 3 aliphatic carbocycles. The van der Waals surface area contributed by atoms with Crippen molar-refractivity contribution >= 4 is 0 Å². The summed E-state index contributed by atoms with van der Waals surface area (Å²) in [5.41, 5.74) is 1.75. The molecule has 3 rings (SSSR count). The molecule has 0 heteroatoms. The van der Waals surface area contributed by atoms with Crippen LogP contribution in [-0.4, -0.2) is 0 Å². The van der Waals surface area contributed by atoms with Gasteiger partial charge in [-0.2, -0.15) is 0 Å². The molecule has 3 saturated carbocycles. The Morgan fingerprint density at radius 1 is 1.00 bits per heavy atom. The van der Waals surface area contributed by atoms with E-state index in [1.807, 2.05) is 0 Å². The van der Waals surface area contributed by atoms with E-state index in [4.69, 9.17) is 0 Å². The summed E-state index contributed by atoms with van der Waals surface area (Å²) in [4.78, 5) is 0. The fourth-order valence-electron chi connectivity index (χ4n) is 8.42. The lowest BCUT2D eigenvalue weighted by molar-refractivity contribution is -0.169. The monoisotopic (exact) mass is 318 g/mol. The summed E-state index contributed by atoms with van der Waals surface area (Å²) in [6, 6.07) is 0. The van der Waals surface area contributed by atoms with E-state index < -0.39 is 0 Å². The van der Waals surface area contributed by atoms with Crippen molar-refractivity contribution < 1.29 is 0 Å². The number of fused-ring (bicyclic) bond motifs is 4. The topological polar surface area (TPSA) is 0 Å². The predicted octanol–water partition coefficient (Wildman–Crippen LogP) is 7.18. The molecule has 0 aromatic heterocycles. The van der Waals surface area contributed by atoms with Gasteiger partial charge in [-0.3, -0.25) is 0 Å². The molecule has 8 atom stereocenters. The molecule has 0 aromatic rings. The minimum Gasteiger partial charge on any atom is -0.0651 e. The predicted molar refractivity (Wildman–Crippen MR) is 101 cm³/mol. The zero-order valence-electron chi connectivity index (χ0n) is 17.2. The van der Waals surface area contributed by atoms with E-state index in [2.05, 4.69) is 55.4 Å². The first-order valence-corrected chi connectivity index (χ1v) is 10.7. The first-order valence-electron chi connectivity index (χ1n) is 10.7. The Balaban J connectivity index is 2.07. The fraction of sp³-hybridized carbons (Fsp3) is 1.00. The van der Waals surface area contributed by atoms with Gasteiger partial charge in [0.25, 0.3) is 0 Å². The standard InChI is InChI=1S/C23H42/c1-9-17-13-21(6)14-20-18(10-2)19(15(3)4)11-12-22(20,7)23(17,8)16(21)5/h15-20H,9-14H2,1-8H3. The summed E-state index contributed by atoms with van der Waals surface area (Å²) in [7, 11) is 0. The Labute approximate surface area is 146 Å². The van der Waals surface area contributed by atoms with E-state index in [0.29, 0.717) is 16.2 Å². The minimum atomic E-state index is 0.564. The average molecular weight is 319 g/mol. The molecule has 0 spiro atoms. The molecule has 0 saturated heterocycles. The van der Waals surface area contributed by atoms with E-state index in [1.165, 1.54) is 38.5 Å². The molecule has 0 N–H and O–H groups in total. The van der Waals surface area contributed by atoms with E-state index in [0.717, 1.165) is 35.5 Å². The third kappa shape index (κ3) is 2.08. The van der Waals surface area contributed by atoms with Crippen molar-refractivity contribution in [1.82, 2.24) is 0 Å². The highest BCUT2D eigenvalue weighted by Crippen LogP contribution is 2.77. The van der Waals surface area contributed by atoms with Crippen molar-refractivity contribution in [2.75, 3.05) is 0 Å². The number of rotatable bonds is 3. The Bertz CT molecular complexity index is 451. The van der Waals surface area contributed by atoms with Crippen molar-refractivity contribution in [2.45, 2.75) is 93.9 Å². The fourth-order valence-corrected chi connectivity index (χ4v) is 8.42. The second kappa shape index (κ2) is 5.50. The van der Waals surface area contributed by atoms with Crippen LogP contribution < -0.4 is 0 Å². The molecule has 3 fully saturated rings. The molecular weight excluding hydrogens is 276 g/mol. The lowest BCUT2D eigenvalue weighted by atomic mass is 9.39. The second-order valence-electron chi connectivity index (χ2n) is 10.7. The first kappa shape index (κ1) is 17.8.